The van der Waals surface area contributed by atoms with Gasteiger partial charge in [-0.05, 0) is 18.4 Å². The highest BCUT2D eigenvalue weighted by atomic mass is 32.2. The molecule has 0 spiro atoms. The fraction of sp³-hybridized carbons (Fsp3) is 0.167. The second-order valence-corrected chi connectivity index (χ2v) is 4.24. The number of Topliss-reactive ketones (excluding diaryl/α,β-unsaturated/α-hetero) is 1. The lowest BCUT2D eigenvalue weighted by molar-refractivity contribution is 0.0991. The molecule has 0 unspecified atom stereocenters. The first-order valence-corrected chi connectivity index (χ1v) is 6.17. The first-order valence-electron chi connectivity index (χ1n) is 4.95. The number of ketones is 1. The molecule has 0 aliphatic carbocycles. The van der Waals surface area contributed by atoms with Gasteiger partial charge in [-0.3, -0.25) is 4.79 Å². The number of imidazole rings is 1. The summed E-state index contributed by atoms with van der Waals surface area (Å²) in [7, 11) is 0. The van der Waals surface area contributed by atoms with Gasteiger partial charge in [-0.2, -0.15) is 0 Å². The second-order valence-electron chi connectivity index (χ2n) is 3.36. The average Bonchev–Trinajstić information content (AvgIpc) is 2.82. The van der Waals surface area contributed by atoms with Crippen molar-refractivity contribution in [3.05, 3.63) is 48.0 Å². The lowest BCUT2D eigenvalue weighted by atomic mass is 10.1. The van der Waals surface area contributed by atoms with Crippen molar-refractivity contribution in [2.24, 2.45) is 0 Å². The van der Waals surface area contributed by atoms with E-state index in [1.54, 1.807) is 24.2 Å². The number of hydrogen-bond donors (Lipinski definition) is 1. The van der Waals surface area contributed by atoms with Crippen LogP contribution < -0.4 is 0 Å². The van der Waals surface area contributed by atoms with Crippen LogP contribution in [0.3, 0.4) is 0 Å². The highest BCUT2D eigenvalue weighted by molar-refractivity contribution is 7.98. The highest BCUT2D eigenvalue weighted by Gasteiger charge is 2.08. The van der Waals surface area contributed by atoms with E-state index in [1.165, 1.54) is 0 Å². The van der Waals surface area contributed by atoms with E-state index in [1.807, 2.05) is 30.5 Å². The molecular formula is C12H12N2OS. The molecule has 0 atom stereocenters. The molecule has 1 heterocycles. The summed E-state index contributed by atoms with van der Waals surface area (Å²) in [4.78, 5) is 20.0. The zero-order valence-electron chi connectivity index (χ0n) is 8.93. The Morgan fingerprint density at radius 1 is 1.38 bits per heavy atom. The largest absolute Gasteiger partial charge is 0.348 e. The number of aromatic nitrogens is 2. The van der Waals surface area contributed by atoms with E-state index >= 15 is 0 Å². The monoisotopic (exact) mass is 232 g/mol. The summed E-state index contributed by atoms with van der Waals surface area (Å²) in [6.07, 6.45) is 5.71. The molecule has 16 heavy (non-hydrogen) atoms. The standard InChI is InChI=1S/C12H12N2OS/c1-16-10-4-2-9(3-5-10)11(15)8-12-13-6-7-14-12/h2-7H,8H2,1H3,(H,13,14). The maximum Gasteiger partial charge on any atom is 0.170 e. The molecule has 0 fully saturated rings. The van der Waals surface area contributed by atoms with Gasteiger partial charge in [0.2, 0.25) is 0 Å². The summed E-state index contributed by atoms with van der Waals surface area (Å²) in [5, 5.41) is 0. The first kappa shape index (κ1) is 11.0. The number of carbonyl (C=O) groups is 1. The number of hydrogen-bond acceptors (Lipinski definition) is 3. The number of H-pyrrole nitrogens is 1. The minimum atomic E-state index is 0.0857. The van der Waals surface area contributed by atoms with Gasteiger partial charge >= 0.3 is 0 Å². The molecule has 0 saturated heterocycles. The summed E-state index contributed by atoms with van der Waals surface area (Å²) < 4.78 is 0. The normalized spacial score (nSPS) is 10.3. The van der Waals surface area contributed by atoms with Crippen LogP contribution in [0.15, 0.2) is 41.6 Å². The fourth-order valence-electron chi connectivity index (χ4n) is 1.43. The van der Waals surface area contributed by atoms with Gasteiger partial charge in [-0.1, -0.05) is 12.1 Å². The van der Waals surface area contributed by atoms with E-state index in [0.29, 0.717) is 12.2 Å². The third kappa shape index (κ3) is 2.52. The molecule has 3 nitrogen and oxygen atoms in total. The van der Waals surface area contributed by atoms with Crippen LogP contribution in [0.5, 0.6) is 0 Å². The molecule has 1 N–H and O–H groups in total. The Morgan fingerprint density at radius 2 is 2.12 bits per heavy atom. The van der Waals surface area contributed by atoms with Gasteiger partial charge in [0, 0.05) is 22.9 Å². The third-order valence-electron chi connectivity index (χ3n) is 2.29. The number of nitrogens with one attached hydrogen (secondary N) is 1. The molecule has 2 aromatic rings. The van der Waals surface area contributed by atoms with Crippen LogP contribution in [0.4, 0.5) is 0 Å². The molecule has 0 radical (unpaired) electrons. The Bertz CT molecular complexity index is 462. The van der Waals surface area contributed by atoms with Crippen LogP contribution in [0.1, 0.15) is 16.2 Å². The van der Waals surface area contributed by atoms with Gasteiger partial charge < -0.3 is 4.98 Å². The van der Waals surface area contributed by atoms with E-state index in [4.69, 9.17) is 0 Å². The number of aromatic amines is 1. The number of thioether (sulfide) groups is 1. The van der Waals surface area contributed by atoms with E-state index in [0.717, 1.165) is 10.5 Å². The number of benzene rings is 1. The molecule has 0 aliphatic rings. The zero-order valence-corrected chi connectivity index (χ0v) is 9.75. The van der Waals surface area contributed by atoms with Gasteiger partial charge in [0.05, 0.1) is 6.42 Å². The molecule has 0 amide bonds. The predicted octanol–water partition coefficient (Wildman–Crippen LogP) is 2.56. The SMILES string of the molecule is CSc1ccc(C(=O)Cc2ncc[nH]2)cc1. The van der Waals surface area contributed by atoms with Crippen molar-refractivity contribution in [3.8, 4) is 0 Å². The van der Waals surface area contributed by atoms with Crippen LogP contribution in [0.2, 0.25) is 0 Å². The van der Waals surface area contributed by atoms with Crippen molar-refractivity contribution in [2.75, 3.05) is 6.26 Å². The van der Waals surface area contributed by atoms with Crippen LogP contribution in [-0.4, -0.2) is 22.0 Å². The van der Waals surface area contributed by atoms with Crippen molar-refractivity contribution in [1.82, 2.24) is 9.97 Å². The van der Waals surface area contributed by atoms with Crippen molar-refractivity contribution < 1.29 is 4.79 Å². The highest BCUT2D eigenvalue weighted by Crippen LogP contribution is 2.15. The topological polar surface area (TPSA) is 45.8 Å². The minimum absolute atomic E-state index is 0.0857. The minimum Gasteiger partial charge on any atom is -0.348 e. The van der Waals surface area contributed by atoms with Gasteiger partial charge in [-0.25, -0.2) is 4.98 Å². The summed E-state index contributed by atoms with van der Waals surface area (Å²) >= 11 is 1.66. The smallest absolute Gasteiger partial charge is 0.170 e. The van der Waals surface area contributed by atoms with Crippen molar-refractivity contribution in [3.63, 3.8) is 0 Å². The summed E-state index contributed by atoms with van der Waals surface area (Å²) in [5.41, 5.74) is 0.731. The van der Waals surface area contributed by atoms with Gasteiger partial charge in [0.15, 0.2) is 5.78 Å². The number of nitrogens with zero attached hydrogens (tertiary/aromatic N) is 1. The Labute approximate surface area is 98.3 Å². The van der Waals surface area contributed by atoms with Crippen molar-refractivity contribution in [2.45, 2.75) is 11.3 Å². The van der Waals surface area contributed by atoms with Crippen LogP contribution >= 0.6 is 11.8 Å². The van der Waals surface area contributed by atoms with Crippen molar-refractivity contribution >= 4 is 17.5 Å². The Kier molecular flexibility index (Phi) is 3.41. The lowest BCUT2D eigenvalue weighted by Gasteiger charge is -2.00. The molecule has 2 rings (SSSR count). The quantitative estimate of drug-likeness (QED) is 0.651. The number of carbonyl (C=O) groups excluding carboxylic acids is 1. The number of rotatable bonds is 4. The molecule has 1 aromatic heterocycles. The van der Waals surface area contributed by atoms with Gasteiger partial charge in [-0.15, -0.1) is 11.8 Å². The molecule has 1 aromatic carbocycles. The second kappa shape index (κ2) is 4.99. The van der Waals surface area contributed by atoms with Crippen molar-refractivity contribution in [1.29, 1.82) is 0 Å². The van der Waals surface area contributed by atoms with Crippen LogP contribution in [-0.2, 0) is 6.42 Å². The summed E-state index contributed by atoms with van der Waals surface area (Å²) in [6, 6.07) is 7.63. The molecule has 4 heteroatoms. The van der Waals surface area contributed by atoms with Gasteiger partial charge in [0.1, 0.15) is 5.82 Å². The molecular weight excluding hydrogens is 220 g/mol. The summed E-state index contributed by atoms with van der Waals surface area (Å²) in [5.74, 6) is 0.793. The fourth-order valence-corrected chi connectivity index (χ4v) is 1.83. The van der Waals surface area contributed by atoms with E-state index < -0.39 is 0 Å². The van der Waals surface area contributed by atoms with E-state index in [9.17, 15) is 4.79 Å². The summed E-state index contributed by atoms with van der Waals surface area (Å²) in [6.45, 7) is 0. The predicted molar refractivity (Wildman–Crippen MR) is 64.8 cm³/mol. The molecule has 0 bridgehead atoms. The Hall–Kier alpha value is -1.55. The van der Waals surface area contributed by atoms with E-state index in [-0.39, 0.29) is 5.78 Å². The van der Waals surface area contributed by atoms with Crippen LogP contribution in [0, 0.1) is 0 Å². The van der Waals surface area contributed by atoms with E-state index in [2.05, 4.69) is 9.97 Å². The zero-order chi connectivity index (χ0) is 11.4. The molecule has 0 aliphatic heterocycles. The molecule has 82 valence electrons. The van der Waals surface area contributed by atoms with Gasteiger partial charge in [0.25, 0.3) is 0 Å². The average molecular weight is 232 g/mol. The maximum absolute atomic E-state index is 11.8. The first-order chi connectivity index (χ1) is 7.79. The molecule has 0 saturated carbocycles. The lowest BCUT2D eigenvalue weighted by Crippen LogP contribution is -2.04. The third-order valence-corrected chi connectivity index (χ3v) is 3.04. The van der Waals surface area contributed by atoms with Crippen LogP contribution in [0.25, 0.3) is 0 Å². The maximum atomic E-state index is 11.8. The Balaban J connectivity index is 2.09. The Morgan fingerprint density at radius 3 is 2.69 bits per heavy atom.